The molecule has 0 aliphatic rings. The molecule has 24 heavy (non-hydrogen) atoms. The molecular weight excluding hydrogens is 316 g/mol. The van der Waals surface area contributed by atoms with Crippen molar-refractivity contribution < 1.29 is 33.6 Å². The summed E-state index contributed by atoms with van der Waals surface area (Å²) in [5.41, 5.74) is 0.246. The average Bonchev–Trinajstić information content (AvgIpc) is 2.60. The molecule has 2 rings (SSSR count). The third-order valence-electron chi connectivity index (χ3n) is 3.24. The Hall–Kier alpha value is -3.22. The lowest BCUT2D eigenvalue weighted by Gasteiger charge is -2.13. The quantitative estimate of drug-likeness (QED) is 0.642. The van der Waals surface area contributed by atoms with Crippen LogP contribution in [-0.2, 0) is 0 Å². The van der Waals surface area contributed by atoms with Gasteiger partial charge in [-0.2, -0.15) is 0 Å². The summed E-state index contributed by atoms with van der Waals surface area (Å²) in [6.07, 6.45) is 0. The van der Waals surface area contributed by atoms with E-state index in [1.165, 1.54) is 57.7 Å². The van der Waals surface area contributed by atoms with E-state index in [9.17, 15) is 9.59 Å². The van der Waals surface area contributed by atoms with Gasteiger partial charge in [0.25, 0.3) is 0 Å². The van der Waals surface area contributed by atoms with Crippen LogP contribution in [0.3, 0.4) is 0 Å². The first-order valence-electron chi connectivity index (χ1n) is 6.85. The van der Waals surface area contributed by atoms with Crippen LogP contribution in [0.4, 0.5) is 0 Å². The Balaban J connectivity index is 2.30. The molecule has 0 saturated carbocycles. The normalized spacial score (nSPS) is 9.96. The van der Waals surface area contributed by atoms with Crippen molar-refractivity contribution in [1.29, 1.82) is 0 Å². The molecule has 1 N–H and O–H groups in total. The molecule has 0 aliphatic carbocycles. The molecule has 0 spiro atoms. The van der Waals surface area contributed by atoms with E-state index in [2.05, 4.69) is 0 Å². The van der Waals surface area contributed by atoms with E-state index in [0.717, 1.165) is 0 Å². The fourth-order valence-electron chi connectivity index (χ4n) is 2.02. The second kappa shape index (κ2) is 7.36. The third kappa shape index (κ3) is 3.57. The smallest absolute Gasteiger partial charge is 0.347 e. The summed E-state index contributed by atoms with van der Waals surface area (Å²) in [7, 11) is 4.34. The van der Waals surface area contributed by atoms with Crippen molar-refractivity contribution in [2.45, 2.75) is 0 Å². The Labute approximate surface area is 138 Å². The molecule has 2 aromatic carbocycles. The Morgan fingerprint density at radius 3 is 1.88 bits per heavy atom. The van der Waals surface area contributed by atoms with Gasteiger partial charge >= 0.3 is 11.9 Å². The van der Waals surface area contributed by atoms with Crippen LogP contribution in [0.5, 0.6) is 23.0 Å². The number of esters is 1. The van der Waals surface area contributed by atoms with Gasteiger partial charge < -0.3 is 24.1 Å². The number of ether oxygens (including phenoxy) is 4. The molecule has 0 fully saturated rings. The second-order valence-corrected chi connectivity index (χ2v) is 4.63. The number of aromatic carboxylic acids is 1. The summed E-state index contributed by atoms with van der Waals surface area (Å²) >= 11 is 0. The Bertz CT molecular complexity index is 750. The van der Waals surface area contributed by atoms with Gasteiger partial charge in [-0.25, -0.2) is 9.59 Å². The van der Waals surface area contributed by atoms with Crippen molar-refractivity contribution in [2.75, 3.05) is 21.3 Å². The topological polar surface area (TPSA) is 91.3 Å². The van der Waals surface area contributed by atoms with Gasteiger partial charge in [0, 0.05) is 12.1 Å². The lowest BCUT2D eigenvalue weighted by Crippen LogP contribution is -2.11. The zero-order valence-electron chi connectivity index (χ0n) is 13.4. The number of hydrogen-bond donors (Lipinski definition) is 1. The molecule has 7 nitrogen and oxygen atoms in total. The number of hydrogen-bond acceptors (Lipinski definition) is 6. The summed E-state index contributed by atoms with van der Waals surface area (Å²) in [4.78, 5) is 23.2. The fourth-order valence-corrected chi connectivity index (χ4v) is 2.02. The highest BCUT2D eigenvalue weighted by Gasteiger charge is 2.19. The lowest BCUT2D eigenvalue weighted by atomic mass is 10.1. The van der Waals surface area contributed by atoms with E-state index >= 15 is 0 Å². The summed E-state index contributed by atoms with van der Waals surface area (Å²) in [6.45, 7) is 0. The van der Waals surface area contributed by atoms with Gasteiger partial charge in [-0.1, -0.05) is 0 Å². The van der Waals surface area contributed by atoms with Crippen LogP contribution in [0.1, 0.15) is 20.7 Å². The highest BCUT2D eigenvalue weighted by atomic mass is 16.5. The van der Waals surface area contributed by atoms with Gasteiger partial charge in [0.2, 0.25) is 0 Å². The minimum absolute atomic E-state index is 0.0958. The Morgan fingerprint density at radius 1 is 0.833 bits per heavy atom. The molecule has 2 aromatic rings. The maximum Gasteiger partial charge on any atom is 0.347 e. The molecule has 0 radical (unpaired) electrons. The molecule has 0 unspecified atom stereocenters. The number of benzene rings is 2. The van der Waals surface area contributed by atoms with Gasteiger partial charge in [0.1, 0.15) is 17.1 Å². The number of carboxylic acids is 1. The van der Waals surface area contributed by atoms with Crippen molar-refractivity contribution in [3.63, 3.8) is 0 Å². The summed E-state index contributed by atoms with van der Waals surface area (Å²) in [5.74, 6) is -0.491. The largest absolute Gasteiger partial charge is 0.496 e. The second-order valence-electron chi connectivity index (χ2n) is 4.63. The first-order chi connectivity index (χ1) is 11.5. The van der Waals surface area contributed by atoms with Crippen molar-refractivity contribution in [1.82, 2.24) is 0 Å². The van der Waals surface area contributed by atoms with E-state index < -0.39 is 11.9 Å². The van der Waals surface area contributed by atoms with Crippen molar-refractivity contribution in [2.24, 2.45) is 0 Å². The molecule has 0 atom stereocenters. The molecule has 0 bridgehead atoms. The van der Waals surface area contributed by atoms with E-state index in [1.54, 1.807) is 0 Å². The molecular formula is C17H16O7. The van der Waals surface area contributed by atoms with Crippen molar-refractivity contribution >= 4 is 11.9 Å². The molecule has 126 valence electrons. The molecule has 0 saturated heterocycles. The van der Waals surface area contributed by atoms with Crippen LogP contribution in [0.25, 0.3) is 0 Å². The third-order valence-corrected chi connectivity index (χ3v) is 3.24. The summed E-state index contributed by atoms with van der Waals surface area (Å²) in [6, 6.07) is 8.45. The van der Waals surface area contributed by atoms with Crippen LogP contribution in [-0.4, -0.2) is 38.4 Å². The Morgan fingerprint density at radius 2 is 1.38 bits per heavy atom. The molecule has 7 heteroatoms. The first-order valence-corrected chi connectivity index (χ1v) is 6.85. The Kier molecular flexibility index (Phi) is 5.26. The fraction of sp³-hybridized carbons (Fsp3) is 0.176. The molecule has 0 heterocycles. The monoisotopic (exact) mass is 332 g/mol. The summed E-state index contributed by atoms with van der Waals surface area (Å²) in [5, 5.41) is 8.86. The van der Waals surface area contributed by atoms with Crippen molar-refractivity contribution in [3.05, 3.63) is 47.5 Å². The number of carboxylic acid groups (broad SMARTS) is 1. The van der Waals surface area contributed by atoms with Crippen LogP contribution in [0, 0.1) is 0 Å². The minimum Gasteiger partial charge on any atom is -0.496 e. The molecule has 0 amide bonds. The number of methoxy groups -OCH3 is 3. The highest BCUT2D eigenvalue weighted by molar-refractivity contribution is 5.95. The average molecular weight is 332 g/mol. The van der Waals surface area contributed by atoms with E-state index in [-0.39, 0.29) is 22.6 Å². The van der Waals surface area contributed by atoms with Crippen LogP contribution >= 0.6 is 0 Å². The lowest BCUT2D eigenvalue weighted by molar-refractivity contribution is 0.0696. The number of carbonyl (C=O) groups is 2. The first kappa shape index (κ1) is 17.1. The van der Waals surface area contributed by atoms with E-state index in [1.807, 2.05) is 0 Å². The maximum absolute atomic E-state index is 12.4. The number of carbonyl (C=O) groups excluding carboxylic acids is 1. The zero-order valence-corrected chi connectivity index (χ0v) is 13.4. The summed E-state index contributed by atoms with van der Waals surface area (Å²) < 4.78 is 20.7. The molecule has 0 aliphatic heterocycles. The van der Waals surface area contributed by atoms with Crippen LogP contribution < -0.4 is 18.9 Å². The number of rotatable bonds is 6. The van der Waals surface area contributed by atoms with Crippen LogP contribution in [0.15, 0.2) is 36.4 Å². The van der Waals surface area contributed by atoms with Gasteiger partial charge in [-0.05, 0) is 24.3 Å². The SMILES string of the molecule is COc1cc(OC)c(C(=O)Oc2ccc(C(=O)O)cc2)cc1OC. The van der Waals surface area contributed by atoms with Gasteiger partial charge in [-0.15, -0.1) is 0 Å². The minimum atomic E-state index is -1.06. The zero-order chi connectivity index (χ0) is 17.7. The van der Waals surface area contributed by atoms with Gasteiger partial charge in [-0.3, -0.25) is 0 Å². The van der Waals surface area contributed by atoms with Crippen molar-refractivity contribution in [3.8, 4) is 23.0 Å². The van der Waals surface area contributed by atoms with Crippen LogP contribution in [0.2, 0.25) is 0 Å². The predicted molar refractivity (Wildman–Crippen MR) is 84.5 cm³/mol. The standard InChI is InChI=1S/C17H16O7/c1-21-13-9-15(23-3)14(22-2)8-12(13)17(20)24-11-6-4-10(5-7-11)16(18)19/h4-9H,1-3H3,(H,18,19). The highest BCUT2D eigenvalue weighted by Crippen LogP contribution is 2.35. The van der Waals surface area contributed by atoms with E-state index in [4.69, 9.17) is 24.1 Å². The maximum atomic E-state index is 12.4. The predicted octanol–water partition coefficient (Wildman–Crippen LogP) is 2.63. The molecule has 0 aromatic heterocycles. The van der Waals surface area contributed by atoms with Gasteiger partial charge in [0.05, 0.1) is 26.9 Å². The van der Waals surface area contributed by atoms with Gasteiger partial charge in [0.15, 0.2) is 11.5 Å². The van der Waals surface area contributed by atoms with E-state index in [0.29, 0.717) is 11.5 Å².